The van der Waals surface area contributed by atoms with Gasteiger partial charge in [-0.25, -0.2) is 4.98 Å². The highest BCUT2D eigenvalue weighted by atomic mass is 32.1. The number of para-hydroxylation sites is 1. The van der Waals surface area contributed by atoms with Gasteiger partial charge in [0.2, 0.25) is 5.91 Å². The summed E-state index contributed by atoms with van der Waals surface area (Å²) < 4.78 is 1.24. The van der Waals surface area contributed by atoms with E-state index >= 15 is 0 Å². The van der Waals surface area contributed by atoms with Gasteiger partial charge >= 0.3 is 0 Å². The van der Waals surface area contributed by atoms with Gasteiger partial charge in [0, 0.05) is 27.2 Å². The summed E-state index contributed by atoms with van der Waals surface area (Å²) in [5, 5.41) is 1.06. The summed E-state index contributed by atoms with van der Waals surface area (Å²) in [7, 11) is 3.68. The highest BCUT2D eigenvalue weighted by Gasteiger charge is 2.28. The van der Waals surface area contributed by atoms with Crippen molar-refractivity contribution < 1.29 is 4.79 Å². The zero-order chi connectivity index (χ0) is 16.6. The van der Waals surface area contributed by atoms with Gasteiger partial charge in [-0.2, -0.15) is 0 Å². The van der Waals surface area contributed by atoms with Crippen LogP contribution in [0, 0.1) is 5.92 Å². The third kappa shape index (κ3) is 3.20. The number of carbonyl (C=O) groups excluding carboxylic acids is 1. The van der Waals surface area contributed by atoms with Gasteiger partial charge < -0.3 is 9.80 Å². The average molecular weight is 331 g/mol. The summed E-state index contributed by atoms with van der Waals surface area (Å²) in [5.41, 5.74) is 2.44. The molecule has 5 heteroatoms. The molecule has 1 unspecified atom stereocenters. The Morgan fingerprint density at radius 3 is 2.87 bits per heavy atom. The molecule has 0 N–H and O–H groups in total. The van der Waals surface area contributed by atoms with Gasteiger partial charge in [-0.3, -0.25) is 4.79 Å². The number of anilines is 1. The summed E-state index contributed by atoms with van der Waals surface area (Å²) in [4.78, 5) is 21.2. The van der Waals surface area contributed by atoms with Crippen LogP contribution in [-0.4, -0.2) is 43.0 Å². The standard InChI is InChI=1S/C18H25N3OS/c1-12(2)14-8-5-9-15-16(14)19-18(23-15)21-10-6-7-13(11-21)17(22)20(3)4/h5,8-9,12-13H,6-7,10-11H2,1-4H3. The van der Waals surface area contributed by atoms with E-state index in [0.717, 1.165) is 36.6 Å². The van der Waals surface area contributed by atoms with Crippen LogP contribution >= 0.6 is 11.3 Å². The maximum Gasteiger partial charge on any atom is 0.226 e. The molecule has 2 aromatic rings. The van der Waals surface area contributed by atoms with Crippen LogP contribution in [0.4, 0.5) is 5.13 Å². The smallest absolute Gasteiger partial charge is 0.226 e. The first-order chi connectivity index (χ1) is 11.0. The molecule has 0 bridgehead atoms. The molecule has 1 aromatic carbocycles. The molecule has 4 nitrogen and oxygen atoms in total. The van der Waals surface area contributed by atoms with Gasteiger partial charge in [-0.05, 0) is 30.4 Å². The lowest BCUT2D eigenvalue weighted by atomic mass is 9.97. The van der Waals surface area contributed by atoms with E-state index in [9.17, 15) is 4.79 Å². The highest BCUT2D eigenvalue weighted by Crippen LogP contribution is 2.35. The Hall–Kier alpha value is -1.62. The zero-order valence-electron chi connectivity index (χ0n) is 14.4. The molecule has 1 aliphatic heterocycles. The first-order valence-corrected chi connectivity index (χ1v) is 9.14. The minimum absolute atomic E-state index is 0.0929. The number of hydrogen-bond acceptors (Lipinski definition) is 4. The number of piperidine rings is 1. The summed E-state index contributed by atoms with van der Waals surface area (Å²) in [6, 6.07) is 6.44. The number of fused-ring (bicyclic) bond motifs is 1. The van der Waals surface area contributed by atoms with Crippen molar-refractivity contribution in [1.29, 1.82) is 0 Å². The van der Waals surface area contributed by atoms with E-state index in [0.29, 0.717) is 5.92 Å². The lowest BCUT2D eigenvalue weighted by Crippen LogP contribution is -2.42. The Bertz CT molecular complexity index is 707. The van der Waals surface area contributed by atoms with Crippen LogP contribution in [0.5, 0.6) is 0 Å². The molecule has 1 amide bonds. The zero-order valence-corrected chi connectivity index (χ0v) is 15.2. The molecule has 1 saturated heterocycles. The predicted molar refractivity (Wildman–Crippen MR) is 97.3 cm³/mol. The van der Waals surface area contributed by atoms with Gasteiger partial charge in [0.15, 0.2) is 5.13 Å². The van der Waals surface area contributed by atoms with Crippen molar-refractivity contribution in [3.8, 4) is 0 Å². The number of amides is 1. The predicted octanol–water partition coefficient (Wildman–Crippen LogP) is 3.72. The molecule has 2 heterocycles. The number of aromatic nitrogens is 1. The molecule has 1 aromatic heterocycles. The summed E-state index contributed by atoms with van der Waals surface area (Å²) in [5.74, 6) is 0.798. The van der Waals surface area contributed by atoms with Gasteiger partial charge in [0.05, 0.1) is 16.1 Å². The van der Waals surface area contributed by atoms with Crippen LogP contribution in [0.15, 0.2) is 18.2 Å². The van der Waals surface area contributed by atoms with Crippen LogP contribution in [0.2, 0.25) is 0 Å². The van der Waals surface area contributed by atoms with E-state index in [2.05, 4.69) is 36.9 Å². The molecule has 3 rings (SSSR count). The lowest BCUT2D eigenvalue weighted by Gasteiger charge is -2.32. The van der Waals surface area contributed by atoms with E-state index in [1.54, 1.807) is 16.2 Å². The number of nitrogens with zero attached hydrogens (tertiary/aromatic N) is 3. The minimum atomic E-state index is 0.0929. The van der Waals surface area contributed by atoms with Gasteiger partial charge in [0.1, 0.15) is 0 Å². The normalized spacial score (nSPS) is 18.7. The number of hydrogen-bond donors (Lipinski definition) is 0. The first-order valence-electron chi connectivity index (χ1n) is 8.33. The van der Waals surface area contributed by atoms with Crippen molar-refractivity contribution in [2.75, 3.05) is 32.1 Å². The van der Waals surface area contributed by atoms with E-state index in [4.69, 9.17) is 4.98 Å². The molecule has 0 radical (unpaired) electrons. The molecular formula is C18H25N3OS. The van der Waals surface area contributed by atoms with E-state index in [-0.39, 0.29) is 11.8 Å². The Kier molecular flexibility index (Phi) is 4.57. The molecule has 1 fully saturated rings. The van der Waals surface area contributed by atoms with Crippen molar-refractivity contribution in [2.45, 2.75) is 32.6 Å². The largest absolute Gasteiger partial charge is 0.349 e. The molecule has 0 saturated carbocycles. The second-order valence-corrected chi connectivity index (χ2v) is 7.87. The topological polar surface area (TPSA) is 36.4 Å². The first kappa shape index (κ1) is 16.2. The monoisotopic (exact) mass is 331 g/mol. The Labute approximate surface area is 142 Å². The summed E-state index contributed by atoms with van der Waals surface area (Å²) in [6.45, 7) is 6.20. The fourth-order valence-corrected chi connectivity index (χ4v) is 4.31. The number of benzene rings is 1. The maximum atomic E-state index is 12.3. The quantitative estimate of drug-likeness (QED) is 0.860. The molecule has 124 valence electrons. The molecular weight excluding hydrogens is 306 g/mol. The SMILES string of the molecule is CC(C)c1cccc2sc(N3CCCC(C(=O)N(C)C)C3)nc12. The fourth-order valence-electron chi connectivity index (χ4n) is 3.28. The number of carbonyl (C=O) groups is 1. The number of thiazole rings is 1. The second-order valence-electron chi connectivity index (χ2n) is 6.86. The van der Waals surface area contributed by atoms with Crippen molar-refractivity contribution in [3.05, 3.63) is 23.8 Å². The molecule has 1 atom stereocenters. The van der Waals surface area contributed by atoms with Crippen LogP contribution in [0.1, 0.15) is 38.2 Å². The molecule has 0 spiro atoms. The van der Waals surface area contributed by atoms with Crippen molar-refractivity contribution in [3.63, 3.8) is 0 Å². The fraction of sp³-hybridized carbons (Fsp3) is 0.556. The molecule has 23 heavy (non-hydrogen) atoms. The van der Waals surface area contributed by atoms with E-state index in [1.807, 2.05) is 14.1 Å². The van der Waals surface area contributed by atoms with Crippen molar-refractivity contribution in [2.24, 2.45) is 5.92 Å². The highest BCUT2D eigenvalue weighted by molar-refractivity contribution is 7.22. The van der Waals surface area contributed by atoms with Crippen molar-refractivity contribution >= 4 is 32.6 Å². The van der Waals surface area contributed by atoms with Gasteiger partial charge in [0.25, 0.3) is 0 Å². The van der Waals surface area contributed by atoms with Gasteiger partial charge in [-0.15, -0.1) is 0 Å². The Morgan fingerprint density at radius 2 is 2.17 bits per heavy atom. The Balaban J connectivity index is 1.88. The second kappa shape index (κ2) is 6.48. The average Bonchev–Trinajstić information content (AvgIpc) is 2.98. The van der Waals surface area contributed by atoms with Crippen LogP contribution in [0.25, 0.3) is 10.2 Å². The summed E-state index contributed by atoms with van der Waals surface area (Å²) >= 11 is 1.75. The number of rotatable bonds is 3. The van der Waals surface area contributed by atoms with Gasteiger partial charge in [-0.1, -0.05) is 37.3 Å². The van der Waals surface area contributed by atoms with E-state index < -0.39 is 0 Å². The molecule has 1 aliphatic rings. The lowest BCUT2D eigenvalue weighted by molar-refractivity contribution is -0.133. The third-order valence-electron chi connectivity index (χ3n) is 4.54. The minimum Gasteiger partial charge on any atom is -0.349 e. The maximum absolute atomic E-state index is 12.3. The Morgan fingerprint density at radius 1 is 1.39 bits per heavy atom. The van der Waals surface area contributed by atoms with Crippen LogP contribution in [-0.2, 0) is 4.79 Å². The molecule has 0 aliphatic carbocycles. The van der Waals surface area contributed by atoms with Crippen molar-refractivity contribution in [1.82, 2.24) is 9.88 Å². The summed E-state index contributed by atoms with van der Waals surface area (Å²) in [6.07, 6.45) is 2.03. The van der Waals surface area contributed by atoms with E-state index in [1.165, 1.54) is 10.3 Å². The van der Waals surface area contributed by atoms with Crippen LogP contribution < -0.4 is 4.90 Å². The van der Waals surface area contributed by atoms with Crippen LogP contribution in [0.3, 0.4) is 0 Å². The third-order valence-corrected chi connectivity index (χ3v) is 5.62.